The fourth-order valence-electron chi connectivity index (χ4n) is 8.35. The molecule has 3 heteroatoms. The number of furan rings is 1. The summed E-state index contributed by atoms with van der Waals surface area (Å²) in [6.07, 6.45) is 0. The van der Waals surface area contributed by atoms with Gasteiger partial charge >= 0.3 is 0 Å². The van der Waals surface area contributed by atoms with Gasteiger partial charge in [-0.15, -0.1) is 11.3 Å². The number of nitrogens with zero attached hydrogens (tertiary/aromatic N) is 1. The van der Waals surface area contributed by atoms with E-state index in [1.54, 1.807) is 0 Å². The predicted octanol–water partition coefficient (Wildman–Crippen LogP) is 15.6. The topological polar surface area (TPSA) is 16.4 Å². The van der Waals surface area contributed by atoms with Crippen LogP contribution in [-0.2, 0) is 0 Å². The molecule has 0 bridgehead atoms. The highest BCUT2D eigenvalue weighted by molar-refractivity contribution is 7.27. The minimum atomic E-state index is 0.908. The van der Waals surface area contributed by atoms with Gasteiger partial charge in [-0.2, -0.15) is 0 Å². The average molecular weight is 720 g/mol. The Bertz CT molecular complexity index is 3190. The van der Waals surface area contributed by atoms with E-state index < -0.39 is 0 Å². The molecule has 0 aliphatic rings. The van der Waals surface area contributed by atoms with Crippen molar-refractivity contribution in [3.63, 3.8) is 0 Å². The monoisotopic (exact) mass is 719 g/mol. The van der Waals surface area contributed by atoms with Gasteiger partial charge in [-0.1, -0.05) is 170 Å². The number of hydrogen-bond donors (Lipinski definition) is 0. The molecule has 0 spiro atoms. The first-order valence-corrected chi connectivity index (χ1v) is 19.5. The molecule has 0 aliphatic heterocycles. The van der Waals surface area contributed by atoms with Crippen molar-refractivity contribution in [2.24, 2.45) is 0 Å². The maximum absolute atomic E-state index is 6.46. The second-order valence-electron chi connectivity index (χ2n) is 14.0. The highest BCUT2D eigenvalue weighted by Crippen LogP contribution is 2.49. The molecule has 55 heavy (non-hydrogen) atoms. The van der Waals surface area contributed by atoms with E-state index in [4.69, 9.17) is 4.42 Å². The van der Waals surface area contributed by atoms with E-state index in [-0.39, 0.29) is 0 Å². The van der Waals surface area contributed by atoms with Crippen LogP contribution >= 0.6 is 11.3 Å². The zero-order chi connectivity index (χ0) is 36.3. The first-order chi connectivity index (χ1) is 27.3. The van der Waals surface area contributed by atoms with E-state index in [1.807, 2.05) is 23.5 Å². The van der Waals surface area contributed by atoms with Crippen LogP contribution in [0.5, 0.6) is 0 Å². The normalized spacial score (nSPS) is 11.6. The number of fused-ring (bicyclic) bond motifs is 7. The van der Waals surface area contributed by atoms with E-state index in [9.17, 15) is 0 Å². The number of hydrogen-bond acceptors (Lipinski definition) is 3. The van der Waals surface area contributed by atoms with E-state index in [0.717, 1.165) is 50.1 Å². The maximum atomic E-state index is 6.46. The highest BCUT2D eigenvalue weighted by Gasteiger charge is 2.22. The lowest BCUT2D eigenvalue weighted by Gasteiger charge is -2.28. The molecule has 11 rings (SSSR count). The fourth-order valence-corrected chi connectivity index (χ4v) is 9.69. The second-order valence-corrected chi connectivity index (χ2v) is 15.0. The Hall–Kier alpha value is -6.94. The molecule has 9 aromatic carbocycles. The molecule has 11 aromatic rings. The second kappa shape index (κ2) is 12.9. The Morgan fingerprint density at radius 2 is 0.891 bits per heavy atom. The third-order valence-corrected chi connectivity index (χ3v) is 12.2. The van der Waals surface area contributed by atoms with E-state index in [1.165, 1.54) is 53.2 Å². The van der Waals surface area contributed by atoms with Crippen LogP contribution in [0.4, 0.5) is 17.1 Å². The van der Waals surface area contributed by atoms with Crippen LogP contribution in [0.1, 0.15) is 0 Å². The lowest BCUT2D eigenvalue weighted by molar-refractivity contribution is 0.670. The van der Waals surface area contributed by atoms with Crippen molar-refractivity contribution in [1.29, 1.82) is 0 Å². The van der Waals surface area contributed by atoms with Gasteiger partial charge in [0.2, 0.25) is 0 Å². The Balaban J connectivity index is 1.14. The van der Waals surface area contributed by atoms with E-state index >= 15 is 0 Å². The van der Waals surface area contributed by atoms with Crippen LogP contribution in [0.3, 0.4) is 0 Å². The van der Waals surface area contributed by atoms with Crippen molar-refractivity contribution in [2.75, 3.05) is 4.90 Å². The molecule has 0 atom stereocenters. The third kappa shape index (κ3) is 5.16. The van der Waals surface area contributed by atoms with Gasteiger partial charge in [-0.05, 0) is 63.5 Å². The maximum Gasteiger partial charge on any atom is 0.143 e. The molecule has 2 nitrogen and oxygen atoms in total. The zero-order valence-corrected chi connectivity index (χ0v) is 30.6. The Labute approximate surface area is 322 Å². The van der Waals surface area contributed by atoms with Crippen LogP contribution in [0.25, 0.3) is 86.3 Å². The van der Waals surface area contributed by atoms with Crippen molar-refractivity contribution in [2.45, 2.75) is 0 Å². The summed E-state index contributed by atoms with van der Waals surface area (Å²) in [4.78, 5) is 2.46. The van der Waals surface area contributed by atoms with Gasteiger partial charge < -0.3 is 9.32 Å². The molecule has 0 N–H and O–H groups in total. The average Bonchev–Trinajstić information content (AvgIpc) is 3.84. The molecule has 0 saturated carbocycles. The summed E-state index contributed by atoms with van der Waals surface area (Å²) >= 11 is 1.88. The van der Waals surface area contributed by atoms with Crippen LogP contribution in [0.15, 0.2) is 205 Å². The number of para-hydroxylation sites is 2. The molecule has 0 saturated heterocycles. The van der Waals surface area contributed by atoms with Crippen molar-refractivity contribution in [1.82, 2.24) is 0 Å². The van der Waals surface area contributed by atoms with Gasteiger partial charge in [0.1, 0.15) is 11.2 Å². The fraction of sp³-hybridized carbons (Fsp3) is 0. The van der Waals surface area contributed by atoms with Gasteiger partial charge in [-0.25, -0.2) is 0 Å². The molecule has 0 unspecified atom stereocenters. The number of benzene rings is 9. The lowest BCUT2D eigenvalue weighted by atomic mass is 9.96. The van der Waals surface area contributed by atoms with Gasteiger partial charge in [0.15, 0.2) is 0 Å². The van der Waals surface area contributed by atoms with Gasteiger partial charge in [-0.3, -0.25) is 0 Å². The smallest absolute Gasteiger partial charge is 0.143 e. The van der Waals surface area contributed by atoms with Crippen molar-refractivity contribution >= 4 is 81.3 Å². The molecule has 2 aromatic heterocycles. The largest absolute Gasteiger partial charge is 0.455 e. The van der Waals surface area contributed by atoms with Crippen molar-refractivity contribution in [3.05, 3.63) is 200 Å². The Kier molecular flexibility index (Phi) is 7.39. The van der Waals surface area contributed by atoms with Crippen molar-refractivity contribution < 1.29 is 4.42 Å². The standard InChI is InChI=1S/C52H33NOS/c1-3-14-34(15-4-1)38-32-33-47(42-19-8-7-18-41(38)42)53(37-30-28-36(29-31-37)39-21-11-23-44-43-20-9-10-27-49(43)54-50(39)44)48-26-13-25-46-45-24-12-22-40(51(45)55-52(46)48)35-16-5-2-6-17-35/h1-33H. The van der Waals surface area contributed by atoms with E-state index in [2.05, 4.69) is 193 Å². The molecule has 2 heterocycles. The van der Waals surface area contributed by atoms with Crippen LogP contribution in [0.2, 0.25) is 0 Å². The van der Waals surface area contributed by atoms with Crippen LogP contribution < -0.4 is 4.90 Å². The minimum Gasteiger partial charge on any atom is -0.455 e. The Morgan fingerprint density at radius 1 is 0.327 bits per heavy atom. The molecule has 0 amide bonds. The van der Waals surface area contributed by atoms with Crippen LogP contribution in [-0.4, -0.2) is 0 Å². The number of thiophene rings is 1. The summed E-state index contributed by atoms with van der Waals surface area (Å²) < 4.78 is 9.02. The summed E-state index contributed by atoms with van der Waals surface area (Å²) in [5.74, 6) is 0. The highest BCUT2D eigenvalue weighted by atomic mass is 32.1. The lowest BCUT2D eigenvalue weighted by Crippen LogP contribution is -2.10. The molecule has 0 fully saturated rings. The zero-order valence-electron chi connectivity index (χ0n) is 29.8. The van der Waals surface area contributed by atoms with Gasteiger partial charge in [0, 0.05) is 42.9 Å². The van der Waals surface area contributed by atoms with E-state index in [0.29, 0.717) is 0 Å². The molecule has 258 valence electrons. The molecular formula is C52H33NOS. The predicted molar refractivity (Wildman–Crippen MR) is 235 cm³/mol. The van der Waals surface area contributed by atoms with Gasteiger partial charge in [0.05, 0.1) is 16.1 Å². The molecular weight excluding hydrogens is 687 g/mol. The number of rotatable bonds is 6. The minimum absolute atomic E-state index is 0.908. The summed E-state index contributed by atoms with van der Waals surface area (Å²) in [5, 5.41) is 7.23. The summed E-state index contributed by atoms with van der Waals surface area (Å²) in [6, 6.07) is 72.1. The first-order valence-electron chi connectivity index (χ1n) is 18.7. The molecule has 0 aliphatic carbocycles. The molecule has 0 radical (unpaired) electrons. The summed E-state index contributed by atoms with van der Waals surface area (Å²) in [5.41, 5.74) is 12.3. The van der Waals surface area contributed by atoms with Crippen molar-refractivity contribution in [3.8, 4) is 33.4 Å². The number of anilines is 3. The quantitative estimate of drug-likeness (QED) is 0.170. The SMILES string of the molecule is c1ccc(-c2ccc(N(c3ccc(-c4cccc5c4oc4ccccc45)cc3)c3cccc4c3sc3c(-c5ccccc5)cccc34)c3ccccc23)cc1. The van der Waals surface area contributed by atoms with Crippen LogP contribution in [0, 0.1) is 0 Å². The van der Waals surface area contributed by atoms with Gasteiger partial charge in [0.25, 0.3) is 0 Å². The first kappa shape index (κ1) is 31.6. The Morgan fingerprint density at radius 3 is 1.65 bits per heavy atom. The summed E-state index contributed by atoms with van der Waals surface area (Å²) in [6.45, 7) is 0. The summed E-state index contributed by atoms with van der Waals surface area (Å²) in [7, 11) is 0. The third-order valence-electron chi connectivity index (χ3n) is 10.9.